The highest BCUT2D eigenvalue weighted by molar-refractivity contribution is 7.12. The van der Waals surface area contributed by atoms with Gasteiger partial charge in [0.15, 0.2) is 0 Å². The molecule has 0 amide bonds. The number of carbonyl (C=O) groups excluding carboxylic acids is 1. The molecule has 2 aliphatic rings. The van der Waals surface area contributed by atoms with Crippen LogP contribution in [0, 0.1) is 17.8 Å². The highest BCUT2D eigenvalue weighted by Crippen LogP contribution is 2.58. The molecule has 2 fully saturated rings. The van der Waals surface area contributed by atoms with Gasteiger partial charge in [0.25, 0.3) is 0 Å². The number of aliphatic hydroxyl groups is 1. The Hall–Kier alpha value is -1.99. The van der Waals surface area contributed by atoms with Gasteiger partial charge in [0.1, 0.15) is 5.60 Å². The Morgan fingerprint density at radius 2 is 1.68 bits per heavy atom. The molecule has 180 valence electrons. The van der Waals surface area contributed by atoms with Crippen LogP contribution in [0.3, 0.4) is 0 Å². The SMILES string of the molecule is CN(C)CC(Cc1ccccc1)C1C2CCC1(OC(=O)C(O)(c1cccs1)c1cccs1)CC2. The number of fused-ring (bicyclic) bond motifs is 2. The number of esters is 1. The van der Waals surface area contributed by atoms with Crippen molar-refractivity contribution in [3.63, 3.8) is 0 Å². The van der Waals surface area contributed by atoms with E-state index >= 15 is 0 Å². The highest BCUT2D eigenvalue weighted by Gasteiger charge is 2.60. The lowest BCUT2D eigenvalue weighted by Gasteiger charge is -2.39. The molecule has 2 saturated carbocycles. The van der Waals surface area contributed by atoms with Crippen LogP contribution >= 0.6 is 22.7 Å². The van der Waals surface area contributed by atoms with Crippen molar-refractivity contribution >= 4 is 28.6 Å². The maximum Gasteiger partial charge on any atom is 0.349 e. The van der Waals surface area contributed by atoms with Crippen LogP contribution < -0.4 is 0 Å². The van der Waals surface area contributed by atoms with Gasteiger partial charge in [-0.3, -0.25) is 0 Å². The first-order valence-corrected chi connectivity index (χ1v) is 13.9. The second-order valence-corrected chi connectivity index (χ2v) is 12.1. The summed E-state index contributed by atoms with van der Waals surface area (Å²) in [6.07, 6.45) is 4.93. The average Bonchev–Trinajstić information content (AvgIpc) is 3.63. The summed E-state index contributed by atoms with van der Waals surface area (Å²) in [5.74, 6) is 0.734. The average molecular weight is 496 g/mol. The summed E-state index contributed by atoms with van der Waals surface area (Å²) in [7, 11) is 4.25. The van der Waals surface area contributed by atoms with Crippen LogP contribution in [0.25, 0.3) is 0 Å². The fraction of sp³-hybridized carbons (Fsp3) is 0.464. The molecule has 0 saturated heterocycles. The quantitative estimate of drug-likeness (QED) is 0.395. The maximum atomic E-state index is 13.9. The van der Waals surface area contributed by atoms with E-state index in [0.29, 0.717) is 27.5 Å². The number of nitrogens with zero attached hydrogens (tertiary/aromatic N) is 1. The third-order valence-corrected chi connectivity index (χ3v) is 9.74. The number of benzene rings is 1. The van der Waals surface area contributed by atoms with Gasteiger partial charge in [-0.2, -0.15) is 0 Å². The van der Waals surface area contributed by atoms with Gasteiger partial charge in [-0.25, -0.2) is 4.79 Å². The van der Waals surface area contributed by atoms with Crippen molar-refractivity contribution in [1.29, 1.82) is 0 Å². The molecule has 2 aliphatic carbocycles. The molecule has 0 spiro atoms. The number of thiophene rings is 2. The lowest BCUT2D eigenvalue weighted by Crippen LogP contribution is -2.48. The van der Waals surface area contributed by atoms with Crippen LogP contribution in [0.2, 0.25) is 0 Å². The van der Waals surface area contributed by atoms with Gasteiger partial charge in [-0.05, 0) is 86.5 Å². The van der Waals surface area contributed by atoms with E-state index < -0.39 is 17.2 Å². The fourth-order valence-electron chi connectivity index (χ4n) is 6.48. The molecule has 3 aromatic rings. The maximum absolute atomic E-state index is 13.9. The Balaban J connectivity index is 1.46. The van der Waals surface area contributed by atoms with Crippen molar-refractivity contribution in [1.82, 2.24) is 4.90 Å². The molecule has 34 heavy (non-hydrogen) atoms. The highest BCUT2D eigenvalue weighted by atomic mass is 32.1. The third-order valence-electron chi connectivity index (χ3n) is 7.79. The van der Waals surface area contributed by atoms with E-state index in [-0.39, 0.29) is 0 Å². The first-order chi connectivity index (χ1) is 16.4. The Bertz CT molecular complexity index is 1040. The van der Waals surface area contributed by atoms with Crippen molar-refractivity contribution in [2.24, 2.45) is 17.8 Å². The van der Waals surface area contributed by atoms with Gasteiger partial charge in [-0.15, -0.1) is 22.7 Å². The van der Waals surface area contributed by atoms with Crippen molar-refractivity contribution in [3.8, 4) is 0 Å². The van der Waals surface area contributed by atoms with E-state index in [0.717, 1.165) is 38.6 Å². The predicted molar refractivity (Wildman–Crippen MR) is 138 cm³/mol. The summed E-state index contributed by atoms with van der Waals surface area (Å²) in [5, 5.41) is 15.6. The molecule has 2 bridgehead atoms. The summed E-state index contributed by atoms with van der Waals surface area (Å²) in [6, 6.07) is 18.1. The summed E-state index contributed by atoms with van der Waals surface area (Å²) in [4.78, 5) is 17.4. The summed E-state index contributed by atoms with van der Waals surface area (Å²) in [5.41, 5.74) is -0.922. The first kappa shape index (κ1) is 23.7. The van der Waals surface area contributed by atoms with Crippen LogP contribution in [-0.2, 0) is 21.6 Å². The number of hydrogen-bond acceptors (Lipinski definition) is 6. The topological polar surface area (TPSA) is 49.8 Å². The second kappa shape index (κ2) is 9.57. The smallest absolute Gasteiger partial charge is 0.349 e. The molecule has 4 nitrogen and oxygen atoms in total. The van der Waals surface area contributed by atoms with E-state index in [4.69, 9.17) is 4.74 Å². The molecule has 2 atom stereocenters. The number of ether oxygens (including phenoxy) is 1. The first-order valence-electron chi connectivity index (χ1n) is 12.1. The standard InChI is InChI=1S/C28H33NO3S2/c1-29(2)19-22(18-20-8-4-3-5-9-20)25-21-12-14-27(25,15-13-21)32-26(30)28(31,23-10-6-16-33-23)24-11-7-17-34-24/h3-11,16-17,21-22,25,31H,12-15,18-19H2,1-2H3. The van der Waals surface area contributed by atoms with Gasteiger partial charge in [0, 0.05) is 12.5 Å². The monoisotopic (exact) mass is 495 g/mol. The predicted octanol–water partition coefficient (Wildman–Crippen LogP) is 5.57. The van der Waals surface area contributed by atoms with E-state index in [9.17, 15) is 9.90 Å². The zero-order valence-corrected chi connectivity index (χ0v) is 21.5. The van der Waals surface area contributed by atoms with Gasteiger partial charge >= 0.3 is 5.97 Å². The molecular formula is C28H33NO3S2. The van der Waals surface area contributed by atoms with Gasteiger partial charge in [0.2, 0.25) is 5.60 Å². The Morgan fingerprint density at radius 1 is 1.06 bits per heavy atom. The summed E-state index contributed by atoms with van der Waals surface area (Å²) in [6.45, 7) is 0.954. The molecule has 1 N–H and O–H groups in total. The summed E-state index contributed by atoms with van der Waals surface area (Å²) < 4.78 is 6.52. The van der Waals surface area contributed by atoms with Crippen molar-refractivity contribution in [3.05, 3.63) is 80.7 Å². The fourth-order valence-corrected chi connectivity index (χ4v) is 8.19. The Morgan fingerprint density at radius 3 is 2.21 bits per heavy atom. The minimum atomic E-state index is -1.75. The van der Waals surface area contributed by atoms with E-state index in [1.807, 2.05) is 35.0 Å². The zero-order valence-electron chi connectivity index (χ0n) is 19.9. The lowest BCUT2D eigenvalue weighted by atomic mass is 9.77. The molecule has 6 heteroatoms. The van der Waals surface area contributed by atoms with Gasteiger partial charge < -0.3 is 14.7 Å². The van der Waals surface area contributed by atoms with Crippen molar-refractivity contribution in [2.75, 3.05) is 20.6 Å². The van der Waals surface area contributed by atoms with E-state index in [1.165, 1.54) is 28.2 Å². The molecule has 2 unspecified atom stereocenters. The van der Waals surface area contributed by atoms with E-state index in [2.05, 4.69) is 49.3 Å². The molecular weight excluding hydrogens is 462 g/mol. The molecule has 0 radical (unpaired) electrons. The lowest BCUT2D eigenvalue weighted by molar-refractivity contribution is -0.183. The number of hydrogen-bond donors (Lipinski definition) is 1. The van der Waals surface area contributed by atoms with Crippen LogP contribution in [0.1, 0.15) is 41.0 Å². The third kappa shape index (κ3) is 4.26. The molecule has 2 heterocycles. The second-order valence-electron chi connectivity index (χ2n) is 10.2. The Kier molecular flexibility index (Phi) is 6.68. The largest absolute Gasteiger partial charge is 0.456 e. The number of rotatable bonds is 9. The van der Waals surface area contributed by atoms with Crippen LogP contribution in [0.15, 0.2) is 65.4 Å². The van der Waals surface area contributed by atoms with Crippen molar-refractivity contribution < 1.29 is 14.6 Å². The normalized spacial score (nSPS) is 25.1. The van der Waals surface area contributed by atoms with Gasteiger partial charge in [-0.1, -0.05) is 42.5 Å². The molecule has 1 aromatic carbocycles. The number of carbonyl (C=O) groups is 1. The van der Waals surface area contributed by atoms with E-state index in [1.54, 1.807) is 0 Å². The van der Waals surface area contributed by atoms with Crippen molar-refractivity contribution in [2.45, 2.75) is 43.3 Å². The van der Waals surface area contributed by atoms with Gasteiger partial charge in [0.05, 0.1) is 9.75 Å². The molecule has 5 rings (SSSR count). The van der Waals surface area contributed by atoms with Crippen LogP contribution in [-0.4, -0.2) is 42.2 Å². The zero-order chi connectivity index (χ0) is 23.8. The molecule has 2 aromatic heterocycles. The minimum Gasteiger partial charge on any atom is -0.456 e. The van der Waals surface area contributed by atoms with Crippen LogP contribution in [0.5, 0.6) is 0 Å². The Labute approximate surface area is 210 Å². The minimum absolute atomic E-state index is 0.301. The summed E-state index contributed by atoms with van der Waals surface area (Å²) >= 11 is 2.80. The van der Waals surface area contributed by atoms with Crippen LogP contribution in [0.4, 0.5) is 0 Å². The molecule has 0 aliphatic heterocycles.